The Morgan fingerprint density at radius 2 is 2.06 bits per heavy atom. The summed E-state index contributed by atoms with van der Waals surface area (Å²) in [6.45, 7) is 4.11. The maximum atomic E-state index is 13.4. The summed E-state index contributed by atoms with van der Waals surface area (Å²) in [4.78, 5) is 18.7. The fourth-order valence-electron chi connectivity index (χ4n) is 3.67. The zero-order valence-corrected chi connectivity index (χ0v) is 18.7. The van der Waals surface area contributed by atoms with Crippen molar-refractivity contribution < 1.29 is 23.2 Å². The molecule has 0 saturated carbocycles. The number of aromatic nitrogens is 2. The third kappa shape index (κ3) is 4.55. The Kier molecular flexibility index (Phi) is 6.32. The Balaban J connectivity index is 1.57. The first kappa shape index (κ1) is 22.1. The average Bonchev–Trinajstić information content (AvgIpc) is 3.37. The standard InChI is InChI=1S/C23H23ClFN3O4/c1-13(2)31-19-8-5-14(10-20(19)30-3)22-26-23(32-27-22)18-7-9-21(29)28(18)12-15-4-6-16(25)11-17(15)24/h4-6,8,10-11,13,18H,7,9,12H2,1-3H3. The minimum absolute atomic E-state index is 0.00650. The fourth-order valence-corrected chi connectivity index (χ4v) is 3.89. The smallest absolute Gasteiger partial charge is 0.249 e. The first-order valence-corrected chi connectivity index (χ1v) is 10.7. The average molecular weight is 460 g/mol. The number of nitrogens with zero attached hydrogens (tertiary/aromatic N) is 3. The van der Waals surface area contributed by atoms with Gasteiger partial charge in [0.15, 0.2) is 11.5 Å². The van der Waals surface area contributed by atoms with Crippen molar-refractivity contribution in [2.45, 2.75) is 45.4 Å². The molecule has 2 heterocycles. The summed E-state index contributed by atoms with van der Waals surface area (Å²) in [5, 5.41) is 4.37. The van der Waals surface area contributed by atoms with Gasteiger partial charge in [-0.1, -0.05) is 22.8 Å². The van der Waals surface area contributed by atoms with E-state index in [4.69, 9.17) is 25.6 Å². The maximum absolute atomic E-state index is 13.4. The van der Waals surface area contributed by atoms with Crippen molar-refractivity contribution in [2.24, 2.45) is 0 Å². The summed E-state index contributed by atoms with van der Waals surface area (Å²) in [6, 6.07) is 9.15. The number of benzene rings is 2. The molecule has 3 aromatic rings. The summed E-state index contributed by atoms with van der Waals surface area (Å²) in [5.41, 5.74) is 1.35. The van der Waals surface area contributed by atoms with Crippen molar-refractivity contribution in [3.8, 4) is 22.9 Å². The molecule has 7 nitrogen and oxygen atoms in total. The van der Waals surface area contributed by atoms with Crippen LogP contribution in [0.15, 0.2) is 40.9 Å². The second kappa shape index (κ2) is 9.16. The van der Waals surface area contributed by atoms with E-state index >= 15 is 0 Å². The lowest BCUT2D eigenvalue weighted by molar-refractivity contribution is -0.129. The molecule has 1 aromatic heterocycles. The van der Waals surface area contributed by atoms with Gasteiger partial charge in [-0.05, 0) is 56.2 Å². The molecule has 0 radical (unpaired) electrons. The third-order valence-electron chi connectivity index (χ3n) is 5.20. The van der Waals surface area contributed by atoms with Gasteiger partial charge >= 0.3 is 0 Å². The number of amides is 1. The van der Waals surface area contributed by atoms with Crippen LogP contribution < -0.4 is 9.47 Å². The zero-order valence-electron chi connectivity index (χ0n) is 18.0. The maximum Gasteiger partial charge on any atom is 0.249 e. The molecule has 1 aliphatic rings. The molecule has 0 bridgehead atoms. The Morgan fingerprint density at radius 3 is 2.78 bits per heavy atom. The molecule has 0 aliphatic carbocycles. The van der Waals surface area contributed by atoms with Crippen molar-refractivity contribution in [3.63, 3.8) is 0 Å². The van der Waals surface area contributed by atoms with Crippen LogP contribution in [0.25, 0.3) is 11.4 Å². The van der Waals surface area contributed by atoms with Gasteiger partial charge in [0.05, 0.1) is 13.2 Å². The molecule has 1 atom stereocenters. The highest BCUT2D eigenvalue weighted by Crippen LogP contribution is 2.36. The van der Waals surface area contributed by atoms with Gasteiger partial charge < -0.3 is 18.9 Å². The number of methoxy groups -OCH3 is 1. The molecule has 1 saturated heterocycles. The zero-order chi connectivity index (χ0) is 22.8. The normalized spacial score (nSPS) is 16.1. The van der Waals surface area contributed by atoms with E-state index in [-0.39, 0.29) is 29.6 Å². The highest BCUT2D eigenvalue weighted by atomic mass is 35.5. The number of carbonyl (C=O) groups is 1. The molecule has 4 rings (SSSR count). The van der Waals surface area contributed by atoms with Gasteiger partial charge in [0.2, 0.25) is 17.6 Å². The topological polar surface area (TPSA) is 77.7 Å². The fraction of sp³-hybridized carbons (Fsp3) is 0.348. The number of hydrogen-bond donors (Lipinski definition) is 0. The Labute approximate surface area is 190 Å². The number of ether oxygens (including phenoxy) is 2. The summed E-state index contributed by atoms with van der Waals surface area (Å²) in [5.74, 6) is 1.43. The molecule has 9 heteroatoms. The van der Waals surface area contributed by atoms with Crippen molar-refractivity contribution in [2.75, 3.05) is 7.11 Å². The van der Waals surface area contributed by atoms with Crippen LogP contribution in [0.1, 0.15) is 44.2 Å². The molecule has 0 N–H and O–H groups in total. The summed E-state index contributed by atoms with van der Waals surface area (Å²) >= 11 is 6.15. The highest BCUT2D eigenvalue weighted by Gasteiger charge is 2.36. The number of hydrogen-bond acceptors (Lipinski definition) is 6. The van der Waals surface area contributed by atoms with E-state index in [0.29, 0.717) is 47.2 Å². The first-order chi connectivity index (χ1) is 15.4. The molecular formula is C23H23ClFN3O4. The summed E-state index contributed by atoms with van der Waals surface area (Å²) in [7, 11) is 1.57. The number of likely N-dealkylation sites (tertiary alicyclic amines) is 1. The van der Waals surface area contributed by atoms with Crippen LogP contribution in [0.5, 0.6) is 11.5 Å². The molecular weight excluding hydrogens is 437 g/mol. The predicted octanol–water partition coefficient (Wildman–Crippen LogP) is 5.19. The molecule has 1 aliphatic heterocycles. The minimum atomic E-state index is -0.426. The number of halogens is 2. The van der Waals surface area contributed by atoms with Crippen molar-refractivity contribution in [1.82, 2.24) is 15.0 Å². The molecule has 0 spiro atoms. The quantitative estimate of drug-likeness (QED) is 0.484. The monoisotopic (exact) mass is 459 g/mol. The van der Waals surface area contributed by atoms with Crippen LogP contribution in [0.3, 0.4) is 0 Å². The van der Waals surface area contributed by atoms with E-state index in [2.05, 4.69) is 10.1 Å². The van der Waals surface area contributed by atoms with Gasteiger partial charge in [0, 0.05) is 23.6 Å². The van der Waals surface area contributed by atoms with Crippen LogP contribution in [-0.2, 0) is 11.3 Å². The van der Waals surface area contributed by atoms with Crippen LogP contribution in [0.4, 0.5) is 4.39 Å². The number of rotatable bonds is 7. The second-order valence-corrected chi connectivity index (χ2v) is 8.21. The molecule has 1 fully saturated rings. The molecule has 1 amide bonds. The summed E-state index contributed by atoms with van der Waals surface area (Å²) < 4.78 is 30.1. The van der Waals surface area contributed by atoms with Gasteiger partial charge in [0.1, 0.15) is 11.9 Å². The van der Waals surface area contributed by atoms with Gasteiger partial charge in [-0.25, -0.2) is 4.39 Å². The SMILES string of the molecule is COc1cc(-c2noc(C3CCC(=O)N3Cc3ccc(F)cc3Cl)n2)ccc1OC(C)C. The number of carbonyl (C=O) groups excluding carboxylic acids is 1. The lowest BCUT2D eigenvalue weighted by atomic mass is 10.1. The van der Waals surface area contributed by atoms with Crippen molar-refractivity contribution in [3.05, 3.63) is 58.7 Å². The van der Waals surface area contributed by atoms with Crippen molar-refractivity contribution in [1.29, 1.82) is 0 Å². The summed E-state index contributed by atoms with van der Waals surface area (Å²) in [6.07, 6.45) is 0.909. The highest BCUT2D eigenvalue weighted by molar-refractivity contribution is 6.31. The molecule has 2 aromatic carbocycles. The van der Waals surface area contributed by atoms with Crippen LogP contribution >= 0.6 is 11.6 Å². The minimum Gasteiger partial charge on any atom is -0.493 e. The Hall–Kier alpha value is -3.13. The van der Waals surface area contributed by atoms with Crippen molar-refractivity contribution >= 4 is 17.5 Å². The largest absolute Gasteiger partial charge is 0.493 e. The Morgan fingerprint density at radius 1 is 1.25 bits per heavy atom. The Bertz CT molecular complexity index is 1130. The molecule has 1 unspecified atom stereocenters. The van der Waals surface area contributed by atoms with E-state index < -0.39 is 5.82 Å². The van der Waals surface area contributed by atoms with Gasteiger partial charge in [-0.3, -0.25) is 4.79 Å². The van der Waals surface area contributed by atoms with Crippen LogP contribution in [0, 0.1) is 5.82 Å². The third-order valence-corrected chi connectivity index (χ3v) is 5.55. The van der Waals surface area contributed by atoms with E-state index in [1.807, 2.05) is 19.9 Å². The van der Waals surface area contributed by atoms with Gasteiger partial charge in [-0.2, -0.15) is 4.98 Å². The van der Waals surface area contributed by atoms with E-state index in [1.54, 1.807) is 30.2 Å². The molecule has 168 valence electrons. The molecule has 32 heavy (non-hydrogen) atoms. The van der Waals surface area contributed by atoms with Crippen LogP contribution in [0.2, 0.25) is 5.02 Å². The second-order valence-electron chi connectivity index (χ2n) is 7.80. The van der Waals surface area contributed by atoms with Gasteiger partial charge in [0.25, 0.3) is 0 Å². The van der Waals surface area contributed by atoms with Crippen LogP contribution in [-0.4, -0.2) is 34.2 Å². The predicted molar refractivity (Wildman–Crippen MR) is 116 cm³/mol. The lowest BCUT2D eigenvalue weighted by Crippen LogP contribution is -2.27. The van der Waals surface area contributed by atoms with Gasteiger partial charge in [-0.15, -0.1) is 0 Å². The first-order valence-electron chi connectivity index (χ1n) is 10.3. The lowest BCUT2D eigenvalue weighted by Gasteiger charge is -2.22. The van der Waals surface area contributed by atoms with E-state index in [0.717, 1.165) is 0 Å². The van der Waals surface area contributed by atoms with E-state index in [9.17, 15) is 9.18 Å². The van der Waals surface area contributed by atoms with E-state index in [1.165, 1.54) is 12.1 Å².